The highest BCUT2D eigenvalue weighted by atomic mass is 32.1. The van der Waals surface area contributed by atoms with Gasteiger partial charge in [-0.25, -0.2) is 4.79 Å². The smallest absolute Gasteiger partial charge is 0.315 e. The van der Waals surface area contributed by atoms with Gasteiger partial charge in [0.1, 0.15) is 5.75 Å². The van der Waals surface area contributed by atoms with E-state index in [1.54, 1.807) is 7.11 Å². The van der Waals surface area contributed by atoms with Crippen molar-refractivity contribution in [2.75, 3.05) is 12.4 Å². The number of benzene rings is 1. The first-order valence-corrected chi connectivity index (χ1v) is 13.2. The molecule has 2 aliphatic heterocycles. The maximum Gasteiger partial charge on any atom is 0.315 e. The normalized spacial score (nSPS) is 38.2. The zero-order valence-electron chi connectivity index (χ0n) is 19.5. The van der Waals surface area contributed by atoms with Crippen molar-refractivity contribution in [1.29, 1.82) is 0 Å². The van der Waals surface area contributed by atoms with Gasteiger partial charge in [-0.05, 0) is 106 Å². The van der Waals surface area contributed by atoms with Crippen molar-refractivity contribution in [3.05, 3.63) is 24.3 Å². The SMILES string of the molecule is COc1ccccc1NC(=S)N1[C@H]2CC[C@H]1CC(NC(=O)NC13CC4CC(CC(C4)C1)C3)C2. The van der Waals surface area contributed by atoms with Crippen molar-refractivity contribution in [2.45, 2.75) is 87.9 Å². The molecule has 6 fully saturated rings. The molecule has 7 heteroatoms. The van der Waals surface area contributed by atoms with Crippen LogP contribution in [0.25, 0.3) is 0 Å². The quantitative estimate of drug-likeness (QED) is 0.561. The van der Waals surface area contributed by atoms with E-state index in [-0.39, 0.29) is 17.6 Å². The Kier molecular flexibility index (Phi) is 5.43. The summed E-state index contributed by atoms with van der Waals surface area (Å²) in [7, 11) is 1.68. The van der Waals surface area contributed by atoms with E-state index < -0.39 is 0 Å². The lowest BCUT2D eigenvalue weighted by atomic mass is 9.53. The molecule has 3 N–H and O–H groups in total. The molecule has 6 bridgehead atoms. The highest BCUT2D eigenvalue weighted by Gasteiger charge is 2.52. The van der Waals surface area contributed by atoms with Gasteiger partial charge in [0.15, 0.2) is 5.11 Å². The second kappa shape index (κ2) is 8.33. The van der Waals surface area contributed by atoms with E-state index in [2.05, 4.69) is 20.9 Å². The van der Waals surface area contributed by atoms with Gasteiger partial charge >= 0.3 is 6.03 Å². The molecule has 4 saturated carbocycles. The van der Waals surface area contributed by atoms with Gasteiger partial charge in [-0.2, -0.15) is 0 Å². The molecule has 6 nitrogen and oxygen atoms in total. The van der Waals surface area contributed by atoms with E-state index in [9.17, 15) is 4.79 Å². The molecule has 178 valence electrons. The second-order valence-corrected chi connectivity index (χ2v) is 11.8. The summed E-state index contributed by atoms with van der Waals surface area (Å²) in [4.78, 5) is 15.4. The Labute approximate surface area is 202 Å². The summed E-state index contributed by atoms with van der Waals surface area (Å²) >= 11 is 5.81. The van der Waals surface area contributed by atoms with E-state index in [0.29, 0.717) is 12.1 Å². The summed E-state index contributed by atoms with van der Waals surface area (Å²) in [6.07, 6.45) is 11.9. The average molecular weight is 469 g/mol. The van der Waals surface area contributed by atoms with Crippen molar-refractivity contribution in [1.82, 2.24) is 15.5 Å². The predicted octanol–water partition coefficient (Wildman–Crippen LogP) is 4.66. The van der Waals surface area contributed by atoms with Crippen molar-refractivity contribution >= 4 is 29.0 Å². The number of fused-ring (bicyclic) bond motifs is 2. The number of nitrogens with one attached hydrogen (secondary N) is 3. The number of hydrogen-bond acceptors (Lipinski definition) is 3. The van der Waals surface area contributed by atoms with Gasteiger partial charge in [0.25, 0.3) is 0 Å². The second-order valence-electron chi connectivity index (χ2n) is 11.4. The van der Waals surface area contributed by atoms with Crippen LogP contribution in [0.1, 0.15) is 64.2 Å². The van der Waals surface area contributed by atoms with E-state index in [1.165, 1.54) is 38.5 Å². The number of thiocarbonyl (C=S) groups is 1. The summed E-state index contributed by atoms with van der Waals surface area (Å²) in [6, 6.07) is 8.93. The lowest BCUT2D eigenvalue weighted by molar-refractivity contribution is -0.0138. The van der Waals surface area contributed by atoms with Crippen molar-refractivity contribution < 1.29 is 9.53 Å². The summed E-state index contributed by atoms with van der Waals surface area (Å²) in [5, 5.41) is 11.0. The van der Waals surface area contributed by atoms with E-state index >= 15 is 0 Å². The molecule has 0 radical (unpaired) electrons. The third kappa shape index (κ3) is 4.07. The number of para-hydroxylation sites is 2. The number of methoxy groups -OCH3 is 1. The molecule has 0 aromatic heterocycles. The molecular weight excluding hydrogens is 432 g/mol. The molecule has 2 heterocycles. The van der Waals surface area contributed by atoms with Gasteiger partial charge in [-0.15, -0.1) is 0 Å². The molecule has 2 atom stereocenters. The highest BCUT2D eigenvalue weighted by Crippen LogP contribution is 2.55. The maximum atomic E-state index is 13.1. The van der Waals surface area contributed by atoms with Crippen LogP contribution in [0.15, 0.2) is 24.3 Å². The summed E-state index contributed by atoms with van der Waals surface area (Å²) in [5.41, 5.74) is 0.971. The van der Waals surface area contributed by atoms with Crippen LogP contribution in [0.2, 0.25) is 0 Å². The molecule has 33 heavy (non-hydrogen) atoms. The van der Waals surface area contributed by atoms with Gasteiger partial charge in [-0.3, -0.25) is 0 Å². The molecule has 1 aromatic rings. The zero-order valence-corrected chi connectivity index (χ0v) is 20.3. The summed E-state index contributed by atoms with van der Waals surface area (Å²) in [6.45, 7) is 0. The fraction of sp³-hybridized carbons (Fsp3) is 0.692. The molecule has 1 aromatic carbocycles. The Bertz CT molecular complexity index is 887. The first-order chi connectivity index (χ1) is 16.0. The van der Waals surface area contributed by atoms with Crippen molar-refractivity contribution in [2.24, 2.45) is 17.8 Å². The monoisotopic (exact) mass is 468 g/mol. The minimum atomic E-state index is 0.0597. The lowest BCUT2D eigenvalue weighted by Crippen LogP contribution is -2.63. The predicted molar refractivity (Wildman–Crippen MR) is 133 cm³/mol. The number of rotatable bonds is 4. The number of ether oxygens (including phenoxy) is 1. The first kappa shape index (κ1) is 21.5. The molecule has 0 spiro atoms. The van der Waals surface area contributed by atoms with E-state index in [1.807, 2.05) is 24.3 Å². The first-order valence-electron chi connectivity index (χ1n) is 12.8. The minimum absolute atomic E-state index is 0.0597. The number of carbonyl (C=O) groups excluding carboxylic acids is 1. The average Bonchev–Trinajstić information content (AvgIpc) is 3.03. The molecule has 6 aliphatic rings. The Morgan fingerprint density at radius 2 is 1.61 bits per heavy atom. The van der Waals surface area contributed by atoms with Crippen LogP contribution >= 0.6 is 12.2 Å². The lowest BCUT2D eigenvalue weighted by Gasteiger charge is -2.56. The summed E-state index contributed by atoms with van der Waals surface area (Å²) in [5.74, 6) is 3.32. The van der Waals surface area contributed by atoms with Gasteiger partial charge < -0.3 is 25.6 Å². The zero-order chi connectivity index (χ0) is 22.6. The number of piperidine rings is 1. The van der Waals surface area contributed by atoms with Crippen molar-refractivity contribution in [3.63, 3.8) is 0 Å². The molecular formula is C26H36N4O2S. The Morgan fingerprint density at radius 1 is 1.00 bits per heavy atom. The molecule has 0 unspecified atom stereocenters. The standard InChI is InChI=1S/C26H36N4O2S/c1-32-23-5-3-2-4-22(23)28-25(33)30-20-6-7-21(30)12-19(11-20)27-24(31)29-26-13-16-8-17(14-26)10-18(9-16)15-26/h2-5,16-21H,6-15H2,1H3,(H,28,33)(H2,27,29,31)/t16?,17?,18?,20-,21-,26?/m0/s1. The van der Waals surface area contributed by atoms with Crippen LogP contribution in [0.4, 0.5) is 10.5 Å². The molecule has 2 saturated heterocycles. The van der Waals surface area contributed by atoms with Crippen LogP contribution in [-0.4, -0.2) is 46.8 Å². The number of amides is 2. The number of carbonyl (C=O) groups is 1. The Morgan fingerprint density at radius 3 is 2.21 bits per heavy atom. The third-order valence-corrected chi connectivity index (χ3v) is 9.38. The van der Waals surface area contributed by atoms with E-state index in [4.69, 9.17) is 17.0 Å². The summed E-state index contributed by atoms with van der Waals surface area (Å²) < 4.78 is 5.47. The van der Waals surface area contributed by atoms with Crippen LogP contribution in [0.3, 0.4) is 0 Å². The molecule has 7 rings (SSSR count). The minimum Gasteiger partial charge on any atom is -0.495 e. The van der Waals surface area contributed by atoms with E-state index in [0.717, 1.165) is 60.0 Å². The Balaban J connectivity index is 1.06. The Hall–Kier alpha value is -2.02. The van der Waals surface area contributed by atoms with Crippen LogP contribution in [0.5, 0.6) is 5.75 Å². The molecule has 2 amide bonds. The van der Waals surface area contributed by atoms with Gasteiger partial charge in [0.2, 0.25) is 0 Å². The van der Waals surface area contributed by atoms with Crippen LogP contribution in [0, 0.1) is 17.8 Å². The number of anilines is 1. The fourth-order valence-corrected chi connectivity index (χ4v) is 8.69. The highest BCUT2D eigenvalue weighted by molar-refractivity contribution is 7.80. The molecule has 4 aliphatic carbocycles. The third-order valence-electron chi connectivity index (χ3n) is 9.07. The fourth-order valence-electron chi connectivity index (χ4n) is 8.28. The van der Waals surface area contributed by atoms with Crippen LogP contribution < -0.4 is 20.7 Å². The number of nitrogens with zero attached hydrogens (tertiary/aromatic N) is 1. The maximum absolute atomic E-state index is 13.1. The topological polar surface area (TPSA) is 65.6 Å². The van der Waals surface area contributed by atoms with Gasteiger partial charge in [0.05, 0.1) is 12.8 Å². The van der Waals surface area contributed by atoms with Crippen LogP contribution in [-0.2, 0) is 0 Å². The number of urea groups is 1. The largest absolute Gasteiger partial charge is 0.495 e. The number of hydrogen-bond donors (Lipinski definition) is 3. The van der Waals surface area contributed by atoms with Gasteiger partial charge in [0, 0.05) is 23.7 Å². The van der Waals surface area contributed by atoms with Gasteiger partial charge in [-0.1, -0.05) is 12.1 Å². The van der Waals surface area contributed by atoms with Crippen molar-refractivity contribution in [3.8, 4) is 5.75 Å².